The van der Waals surface area contributed by atoms with Crippen LogP contribution in [0.25, 0.3) is 0 Å². The normalized spacial score (nSPS) is 11.7. The Hall–Kier alpha value is -0.740. The minimum atomic E-state index is -4.41. The van der Waals surface area contributed by atoms with Crippen molar-refractivity contribution in [1.29, 1.82) is 0 Å². The summed E-state index contributed by atoms with van der Waals surface area (Å²) in [5, 5.41) is 0. The number of ether oxygens (including phenoxy) is 2. The number of rotatable bonds is 20. The molecular formula is C23H49NO7S. The van der Waals surface area contributed by atoms with E-state index in [4.69, 9.17) is 9.47 Å². The maximum absolute atomic E-state index is 11.7. The van der Waals surface area contributed by atoms with Crippen LogP contribution in [0, 0.1) is 0 Å². The summed E-state index contributed by atoms with van der Waals surface area (Å²) in [6.45, 7) is 15.1. The van der Waals surface area contributed by atoms with Gasteiger partial charge < -0.3 is 18.5 Å². The van der Waals surface area contributed by atoms with Gasteiger partial charge in [0.1, 0.15) is 13.2 Å². The average Bonchev–Trinajstić information content (AvgIpc) is 2.78. The Morgan fingerprint density at radius 1 is 0.781 bits per heavy atom. The van der Waals surface area contributed by atoms with Crippen LogP contribution < -0.4 is 0 Å². The van der Waals surface area contributed by atoms with Gasteiger partial charge >= 0.3 is 5.97 Å². The molecule has 0 radical (unpaired) electrons. The molecule has 0 heterocycles. The lowest BCUT2D eigenvalue weighted by Gasteiger charge is -2.35. The van der Waals surface area contributed by atoms with Crippen LogP contribution in [-0.4, -0.2) is 76.5 Å². The van der Waals surface area contributed by atoms with Crippen LogP contribution in [0.15, 0.2) is 0 Å². The van der Waals surface area contributed by atoms with Gasteiger partial charge in [-0.25, -0.2) is 8.42 Å². The summed E-state index contributed by atoms with van der Waals surface area (Å²) in [6.07, 6.45) is 12.0. The van der Waals surface area contributed by atoms with E-state index in [-0.39, 0.29) is 5.97 Å². The molecule has 194 valence electrons. The van der Waals surface area contributed by atoms with Crippen molar-refractivity contribution in [3.63, 3.8) is 0 Å². The third-order valence-electron chi connectivity index (χ3n) is 5.90. The van der Waals surface area contributed by atoms with Crippen molar-refractivity contribution in [3.05, 3.63) is 0 Å². The number of quaternary nitrogens is 1. The molecule has 0 saturated heterocycles. The van der Waals surface area contributed by atoms with Gasteiger partial charge in [0.05, 0.1) is 40.0 Å². The first kappa shape index (κ1) is 33.4. The van der Waals surface area contributed by atoms with Gasteiger partial charge in [-0.05, 0) is 27.2 Å². The summed E-state index contributed by atoms with van der Waals surface area (Å²) in [5.74, 6) is -0.0719. The van der Waals surface area contributed by atoms with Gasteiger partial charge in [-0.15, -0.1) is 0 Å². The van der Waals surface area contributed by atoms with Crippen molar-refractivity contribution in [1.82, 2.24) is 0 Å². The first-order valence-corrected chi connectivity index (χ1v) is 13.6. The van der Waals surface area contributed by atoms with E-state index in [0.29, 0.717) is 19.6 Å². The lowest BCUT2D eigenvalue weighted by molar-refractivity contribution is -0.923. The first-order valence-electron chi connectivity index (χ1n) is 12.3. The van der Waals surface area contributed by atoms with E-state index >= 15 is 0 Å². The van der Waals surface area contributed by atoms with Crippen LogP contribution in [-0.2, 0) is 28.9 Å². The van der Waals surface area contributed by atoms with Gasteiger partial charge in [-0.1, -0.05) is 58.3 Å². The van der Waals surface area contributed by atoms with E-state index in [1.807, 2.05) is 0 Å². The number of hydrogen-bond acceptors (Lipinski definition) is 7. The standard InChI is InChI=1S/C22H46NO3.CH4O4S/c1-5-9-10-11-12-13-14-15-16-17-22(24)26-21-20-25-19-18-23(6-2,7-3)8-4;1-5-6(2,3)4/h5-21H2,1-4H3;1H3,(H,2,3,4)/q+1;/p-1. The number of esters is 1. The topological polar surface area (TPSA) is 102 Å². The molecule has 0 aliphatic carbocycles. The van der Waals surface area contributed by atoms with Crippen molar-refractivity contribution < 1.29 is 35.9 Å². The maximum Gasteiger partial charge on any atom is 0.305 e. The maximum atomic E-state index is 11.7. The predicted molar refractivity (Wildman–Crippen MR) is 127 cm³/mol. The van der Waals surface area contributed by atoms with Crippen LogP contribution in [0.5, 0.6) is 0 Å². The second-order valence-corrected chi connectivity index (χ2v) is 9.15. The zero-order chi connectivity index (χ0) is 24.7. The molecule has 0 saturated carbocycles. The molecule has 0 atom stereocenters. The fourth-order valence-electron chi connectivity index (χ4n) is 3.37. The van der Waals surface area contributed by atoms with Gasteiger partial charge in [-0.2, -0.15) is 0 Å². The largest absolute Gasteiger partial charge is 0.726 e. The summed E-state index contributed by atoms with van der Waals surface area (Å²) >= 11 is 0. The zero-order valence-corrected chi connectivity index (χ0v) is 22.1. The predicted octanol–water partition coefficient (Wildman–Crippen LogP) is 4.44. The van der Waals surface area contributed by atoms with Gasteiger partial charge in [0.2, 0.25) is 10.4 Å². The number of carbonyl (C=O) groups is 1. The molecule has 0 amide bonds. The van der Waals surface area contributed by atoms with Crippen molar-refractivity contribution in [2.75, 3.05) is 53.1 Å². The number of unbranched alkanes of at least 4 members (excludes halogenated alkanes) is 8. The van der Waals surface area contributed by atoms with Gasteiger partial charge in [-0.3, -0.25) is 8.98 Å². The Morgan fingerprint density at radius 3 is 1.69 bits per heavy atom. The Labute approximate surface area is 197 Å². The molecule has 8 nitrogen and oxygen atoms in total. The lowest BCUT2D eigenvalue weighted by Crippen LogP contribution is -2.49. The third-order valence-corrected chi connectivity index (χ3v) is 6.31. The van der Waals surface area contributed by atoms with Crippen molar-refractivity contribution in [3.8, 4) is 0 Å². The zero-order valence-electron chi connectivity index (χ0n) is 21.2. The Bertz CT molecular complexity index is 514. The van der Waals surface area contributed by atoms with Crippen LogP contribution in [0.1, 0.15) is 91.9 Å². The molecular weight excluding hydrogens is 434 g/mol. The van der Waals surface area contributed by atoms with Crippen LogP contribution in [0.2, 0.25) is 0 Å². The monoisotopic (exact) mass is 483 g/mol. The van der Waals surface area contributed by atoms with E-state index in [1.165, 1.54) is 44.9 Å². The summed E-state index contributed by atoms with van der Waals surface area (Å²) < 4.78 is 43.0. The summed E-state index contributed by atoms with van der Waals surface area (Å²) in [4.78, 5) is 11.7. The van der Waals surface area contributed by atoms with Crippen LogP contribution in [0.3, 0.4) is 0 Å². The number of likely N-dealkylation sites (N-methyl/N-ethyl adjacent to an activating group) is 1. The second kappa shape index (κ2) is 22.1. The van der Waals surface area contributed by atoms with Crippen LogP contribution in [0.4, 0.5) is 0 Å². The quantitative estimate of drug-likeness (QED) is 0.0829. The molecule has 0 spiro atoms. The fraction of sp³-hybridized carbons (Fsp3) is 0.957. The highest BCUT2D eigenvalue weighted by Gasteiger charge is 2.19. The Kier molecular flexibility index (Phi) is 23.1. The molecule has 0 fully saturated rings. The summed E-state index contributed by atoms with van der Waals surface area (Å²) in [6, 6.07) is 0. The number of hydrogen-bond donors (Lipinski definition) is 0. The molecule has 32 heavy (non-hydrogen) atoms. The molecule has 0 aliphatic rings. The highest BCUT2D eigenvalue weighted by Crippen LogP contribution is 2.10. The molecule has 0 aliphatic heterocycles. The van der Waals surface area contributed by atoms with Crippen molar-refractivity contribution >= 4 is 16.4 Å². The SMILES string of the molecule is CCCCCCCCCCCC(=O)OCCOCC[N+](CC)(CC)CC.COS(=O)(=O)[O-]. The molecule has 0 aromatic heterocycles. The number of nitrogens with zero attached hydrogens (tertiary/aromatic N) is 1. The van der Waals surface area contributed by atoms with Gasteiger partial charge in [0.15, 0.2) is 0 Å². The Morgan fingerprint density at radius 2 is 1.25 bits per heavy atom. The highest BCUT2D eigenvalue weighted by molar-refractivity contribution is 7.80. The minimum absolute atomic E-state index is 0.0719. The lowest BCUT2D eigenvalue weighted by atomic mass is 10.1. The molecule has 0 rings (SSSR count). The number of carbonyl (C=O) groups excluding carboxylic acids is 1. The van der Waals surface area contributed by atoms with E-state index in [9.17, 15) is 17.8 Å². The van der Waals surface area contributed by atoms with Crippen LogP contribution >= 0.6 is 0 Å². The third kappa shape index (κ3) is 22.5. The average molecular weight is 484 g/mol. The fourth-order valence-corrected chi connectivity index (χ4v) is 3.37. The molecule has 0 N–H and O–H groups in total. The molecule has 0 unspecified atom stereocenters. The van der Waals surface area contributed by atoms with E-state index in [0.717, 1.165) is 57.2 Å². The van der Waals surface area contributed by atoms with E-state index < -0.39 is 10.4 Å². The second-order valence-electron chi connectivity index (χ2n) is 8.00. The van der Waals surface area contributed by atoms with E-state index in [1.54, 1.807) is 0 Å². The summed E-state index contributed by atoms with van der Waals surface area (Å²) in [5.41, 5.74) is 0. The smallest absolute Gasteiger partial charge is 0.305 e. The molecule has 0 aromatic carbocycles. The first-order chi connectivity index (χ1) is 15.2. The molecule has 9 heteroatoms. The van der Waals surface area contributed by atoms with E-state index in [2.05, 4.69) is 31.9 Å². The Balaban J connectivity index is 0. The minimum Gasteiger partial charge on any atom is -0.726 e. The van der Waals surface area contributed by atoms with Crippen molar-refractivity contribution in [2.24, 2.45) is 0 Å². The molecule has 0 bridgehead atoms. The summed E-state index contributed by atoms with van der Waals surface area (Å²) in [7, 11) is -3.60. The van der Waals surface area contributed by atoms with Gasteiger partial charge in [0.25, 0.3) is 0 Å². The van der Waals surface area contributed by atoms with Crippen molar-refractivity contribution in [2.45, 2.75) is 91.9 Å². The van der Waals surface area contributed by atoms with Gasteiger partial charge in [0, 0.05) is 6.42 Å². The highest BCUT2D eigenvalue weighted by atomic mass is 32.3. The molecule has 0 aromatic rings.